The Balaban J connectivity index is 2.19. The SMILES string of the molecule is N=C(N)c1ccc(N2CCCCCC2CO)cc1. The Bertz CT molecular complexity index is 402. The molecule has 18 heavy (non-hydrogen) atoms. The summed E-state index contributed by atoms with van der Waals surface area (Å²) in [5, 5.41) is 16.9. The van der Waals surface area contributed by atoms with Crippen molar-refractivity contribution in [2.75, 3.05) is 18.1 Å². The molecule has 1 aromatic carbocycles. The third-order valence-corrected chi connectivity index (χ3v) is 3.60. The molecule has 1 saturated heterocycles. The minimum atomic E-state index is 0.0936. The smallest absolute Gasteiger partial charge is 0.122 e. The predicted octanol–water partition coefficient (Wildman–Crippen LogP) is 1.71. The number of hydrogen-bond acceptors (Lipinski definition) is 3. The monoisotopic (exact) mass is 247 g/mol. The molecule has 1 heterocycles. The predicted molar refractivity (Wildman–Crippen MR) is 74.1 cm³/mol. The molecular weight excluding hydrogens is 226 g/mol. The van der Waals surface area contributed by atoms with Crippen LogP contribution in [-0.2, 0) is 0 Å². The van der Waals surface area contributed by atoms with Crippen molar-refractivity contribution in [1.82, 2.24) is 0 Å². The average molecular weight is 247 g/mol. The fraction of sp³-hybridized carbons (Fsp3) is 0.500. The number of nitrogens with two attached hydrogens (primary N) is 1. The van der Waals surface area contributed by atoms with E-state index >= 15 is 0 Å². The first-order valence-electron chi connectivity index (χ1n) is 6.54. The van der Waals surface area contributed by atoms with Crippen molar-refractivity contribution in [2.24, 2.45) is 5.73 Å². The number of anilines is 1. The van der Waals surface area contributed by atoms with E-state index in [1.807, 2.05) is 24.3 Å². The van der Waals surface area contributed by atoms with Gasteiger partial charge in [0.2, 0.25) is 0 Å². The highest BCUT2D eigenvalue weighted by atomic mass is 16.3. The maximum Gasteiger partial charge on any atom is 0.122 e. The summed E-state index contributed by atoms with van der Waals surface area (Å²) in [5.41, 5.74) is 7.31. The molecule has 1 aliphatic rings. The van der Waals surface area contributed by atoms with Gasteiger partial charge in [-0.15, -0.1) is 0 Å². The number of nitrogens with one attached hydrogen (secondary N) is 1. The Kier molecular flexibility index (Phi) is 4.20. The Morgan fingerprint density at radius 3 is 2.61 bits per heavy atom. The van der Waals surface area contributed by atoms with Crippen LogP contribution in [-0.4, -0.2) is 30.1 Å². The minimum Gasteiger partial charge on any atom is -0.394 e. The highest BCUT2D eigenvalue weighted by molar-refractivity contribution is 5.95. The number of hydrogen-bond donors (Lipinski definition) is 3. The van der Waals surface area contributed by atoms with Crippen LogP contribution >= 0.6 is 0 Å². The molecule has 1 fully saturated rings. The topological polar surface area (TPSA) is 73.3 Å². The molecule has 0 aromatic heterocycles. The molecule has 4 heteroatoms. The van der Waals surface area contributed by atoms with E-state index in [2.05, 4.69) is 4.90 Å². The van der Waals surface area contributed by atoms with Crippen LogP contribution in [0.25, 0.3) is 0 Å². The van der Waals surface area contributed by atoms with Crippen LogP contribution in [0.1, 0.15) is 31.2 Å². The summed E-state index contributed by atoms with van der Waals surface area (Å²) >= 11 is 0. The van der Waals surface area contributed by atoms with Gasteiger partial charge in [-0.3, -0.25) is 5.41 Å². The average Bonchev–Trinajstić information content (AvgIpc) is 2.63. The number of amidine groups is 1. The van der Waals surface area contributed by atoms with Crippen molar-refractivity contribution in [2.45, 2.75) is 31.7 Å². The normalized spacial score (nSPS) is 20.5. The number of rotatable bonds is 3. The molecule has 98 valence electrons. The maximum absolute atomic E-state index is 9.49. The lowest BCUT2D eigenvalue weighted by Crippen LogP contribution is -2.37. The van der Waals surface area contributed by atoms with Crippen molar-refractivity contribution in [1.29, 1.82) is 5.41 Å². The number of nitrogens with zero attached hydrogens (tertiary/aromatic N) is 1. The van der Waals surface area contributed by atoms with Crippen LogP contribution in [0.15, 0.2) is 24.3 Å². The maximum atomic E-state index is 9.49. The summed E-state index contributed by atoms with van der Waals surface area (Å²) in [6, 6.07) is 7.94. The summed E-state index contributed by atoms with van der Waals surface area (Å²) in [7, 11) is 0. The van der Waals surface area contributed by atoms with E-state index in [0.717, 1.165) is 24.2 Å². The first-order chi connectivity index (χ1) is 8.72. The quantitative estimate of drug-likeness (QED) is 0.562. The van der Waals surface area contributed by atoms with Gasteiger partial charge in [0.25, 0.3) is 0 Å². The van der Waals surface area contributed by atoms with Gasteiger partial charge in [0.05, 0.1) is 12.6 Å². The van der Waals surface area contributed by atoms with Gasteiger partial charge in [-0.05, 0) is 37.1 Å². The largest absolute Gasteiger partial charge is 0.394 e. The van der Waals surface area contributed by atoms with E-state index in [1.165, 1.54) is 19.3 Å². The van der Waals surface area contributed by atoms with Crippen LogP contribution in [0, 0.1) is 5.41 Å². The van der Waals surface area contributed by atoms with Crippen molar-refractivity contribution < 1.29 is 5.11 Å². The lowest BCUT2D eigenvalue weighted by atomic mass is 10.1. The summed E-state index contributed by atoms with van der Waals surface area (Å²) < 4.78 is 0. The zero-order chi connectivity index (χ0) is 13.0. The second-order valence-corrected chi connectivity index (χ2v) is 4.84. The van der Waals surface area contributed by atoms with E-state index in [9.17, 15) is 5.11 Å². The van der Waals surface area contributed by atoms with Crippen molar-refractivity contribution >= 4 is 11.5 Å². The number of benzene rings is 1. The standard InChI is InChI=1S/C14H21N3O/c15-14(16)11-5-7-12(8-6-11)17-9-3-1-2-4-13(17)10-18/h5-8,13,18H,1-4,9-10H2,(H3,15,16). The zero-order valence-corrected chi connectivity index (χ0v) is 10.6. The minimum absolute atomic E-state index is 0.0936. The van der Waals surface area contributed by atoms with Crippen molar-refractivity contribution in [3.63, 3.8) is 0 Å². The Morgan fingerprint density at radius 2 is 2.00 bits per heavy atom. The van der Waals surface area contributed by atoms with E-state index in [1.54, 1.807) is 0 Å². The van der Waals surface area contributed by atoms with Crippen LogP contribution in [0.2, 0.25) is 0 Å². The Morgan fingerprint density at radius 1 is 1.28 bits per heavy atom. The van der Waals surface area contributed by atoms with Gasteiger partial charge in [-0.1, -0.05) is 12.8 Å². The van der Waals surface area contributed by atoms with Crippen LogP contribution < -0.4 is 10.6 Å². The molecule has 1 aromatic rings. The molecule has 4 N–H and O–H groups in total. The van der Waals surface area contributed by atoms with Gasteiger partial charge in [0.15, 0.2) is 0 Å². The third-order valence-electron chi connectivity index (χ3n) is 3.60. The van der Waals surface area contributed by atoms with Gasteiger partial charge in [0, 0.05) is 17.8 Å². The molecule has 0 bridgehead atoms. The van der Waals surface area contributed by atoms with Crippen LogP contribution in [0.5, 0.6) is 0 Å². The second kappa shape index (κ2) is 5.87. The molecule has 0 amide bonds. The molecule has 0 aliphatic carbocycles. The summed E-state index contributed by atoms with van der Waals surface area (Å²) in [5.74, 6) is 0.0936. The fourth-order valence-corrected chi connectivity index (χ4v) is 2.54. The fourth-order valence-electron chi connectivity index (χ4n) is 2.54. The molecule has 0 spiro atoms. The summed E-state index contributed by atoms with van der Waals surface area (Å²) in [6.45, 7) is 1.19. The van der Waals surface area contributed by atoms with E-state index < -0.39 is 0 Å². The number of aliphatic hydroxyl groups excluding tert-OH is 1. The number of aliphatic hydroxyl groups is 1. The second-order valence-electron chi connectivity index (χ2n) is 4.84. The lowest BCUT2D eigenvalue weighted by Gasteiger charge is -2.31. The molecular formula is C14H21N3O. The third kappa shape index (κ3) is 2.82. The van der Waals surface area contributed by atoms with Crippen molar-refractivity contribution in [3.05, 3.63) is 29.8 Å². The molecule has 2 rings (SSSR count). The molecule has 1 aliphatic heterocycles. The lowest BCUT2D eigenvalue weighted by molar-refractivity contribution is 0.255. The Hall–Kier alpha value is -1.55. The van der Waals surface area contributed by atoms with Gasteiger partial charge in [-0.25, -0.2) is 0 Å². The summed E-state index contributed by atoms with van der Waals surface area (Å²) in [6.07, 6.45) is 4.64. The molecule has 0 radical (unpaired) electrons. The van der Waals surface area contributed by atoms with E-state index in [0.29, 0.717) is 0 Å². The van der Waals surface area contributed by atoms with Crippen LogP contribution in [0.3, 0.4) is 0 Å². The van der Waals surface area contributed by atoms with Crippen molar-refractivity contribution in [3.8, 4) is 0 Å². The number of nitrogen functional groups attached to an aromatic ring is 1. The van der Waals surface area contributed by atoms with Gasteiger partial charge < -0.3 is 15.7 Å². The molecule has 1 atom stereocenters. The first kappa shape index (κ1) is 12.9. The van der Waals surface area contributed by atoms with E-state index in [4.69, 9.17) is 11.1 Å². The van der Waals surface area contributed by atoms with Gasteiger partial charge in [0.1, 0.15) is 5.84 Å². The molecule has 0 saturated carbocycles. The molecule has 1 unspecified atom stereocenters. The first-order valence-corrected chi connectivity index (χ1v) is 6.54. The Labute approximate surface area is 108 Å². The van der Waals surface area contributed by atoms with Gasteiger partial charge >= 0.3 is 0 Å². The molecule has 4 nitrogen and oxygen atoms in total. The van der Waals surface area contributed by atoms with E-state index in [-0.39, 0.29) is 18.5 Å². The highest BCUT2D eigenvalue weighted by Gasteiger charge is 2.20. The zero-order valence-electron chi connectivity index (χ0n) is 10.6. The highest BCUT2D eigenvalue weighted by Crippen LogP contribution is 2.24. The summed E-state index contributed by atoms with van der Waals surface area (Å²) in [4.78, 5) is 2.27. The van der Waals surface area contributed by atoms with Crippen LogP contribution in [0.4, 0.5) is 5.69 Å². The van der Waals surface area contributed by atoms with Gasteiger partial charge in [-0.2, -0.15) is 0 Å².